The predicted molar refractivity (Wildman–Crippen MR) is 119 cm³/mol. The number of nitrogens with one attached hydrogen (secondary N) is 2. The van der Waals surface area contributed by atoms with Crippen molar-refractivity contribution in [3.05, 3.63) is 47.5 Å². The summed E-state index contributed by atoms with van der Waals surface area (Å²) in [6.07, 6.45) is 2.60. The molecule has 1 aliphatic heterocycles. The highest BCUT2D eigenvalue weighted by atomic mass is 127. The maximum Gasteiger partial charge on any atom is 0.192 e. The van der Waals surface area contributed by atoms with Crippen molar-refractivity contribution < 1.29 is 0 Å². The minimum atomic E-state index is 0. The van der Waals surface area contributed by atoms with Crippen LogP contribution in [-0.2, 0) is 20.1 Å². The van der Waals surface area contributed by atoms with Crippen LogP contribution >= 0.6 is 35.7 Å². The van der Waals surface area contributed by atoms with Crippen LogP contribution in [0.5, 0.6) is 0 Å². The fourth-order valence-electron chi connectivity index (χ4n) is 2.71. The van der Waals surface area contributed by atoms with Crippen molar-refractivity contribution in [3.63, 3.8) is 0 Å². The summed E-state index contributed by atoms with van der Waals surface area (Å²) in [6.45, 7) is 4.17. The average molecular weight is 486 g/mol. The van der Waals surface area contributed by atoms with E-state index in [4.69, 9.17) is 4.99 Å². The topological polar surface area (TPSA) is 67.1 Å². The third-order valence-electron chi connectivity index (χ3n) is 4.38. The molecule has 0 bridgehead atoms. The Balaban J connectivity index is 0.00000243. The van der Waals surface area contributed by atoms with E-state index in [9.17, 15) is 0 Å². The van der Waals surface area contributed by atoms with E-state index in [0.717, 1.165) is 24.2 Å². The third-order valence-corrected chi connectivity index (χ3v) is 5.78. The molecule has 8 heteroatoms. The molecule has 1 aliphatic rings. The SMILES string of the molecule is Cc1nnc(CNC(=NCc2ccccc2)NCC2CCCS2)n1C.I. The average Bonchev–Trinajstić information content (AvgIpc) is 3.27. The number of nitrogens with zero attached hydrogens (tertiary/aromatic N) is 4. The smallest absolute Gasteiger partial charge is 0.192 e. The molecule has 26 heavy (non-hydrogen) atoms. The first-order valence-corrected chi connectivity index (χ1v) is 9.80. The van der Waals surface area contributed by atoms with Crippen LogP contribution in [-0.4, -0.2) is 38.3 Å². The molecule has 3 rings (SSSR count). The third kappa shape index (κ3) is 6.15. The largest absolute Gasteiger partial charge is 0.355 e. The van der Waals surface area contributed by atoms with Gasteiger partial charge in [0.25, 0.3) is 0 Å². The van der Waals surface area contributed by atoms with Gasteiger partial charge in [-0.2, -0.15) is 11.8 Å². The van der Waals surface area contributed by atoms with Crippen LogP contribution in [0.25, 0.3) is 0 Å². The van der Waals surface area contributed by atoms with Gasteiger partial charge in [0.2, 0.25) is 0 Å². The lowest BCUT2D eigenvalue weighted by Gasteiger charge is -2.15. The zero-order chi connectivity index (χ0) is 17.5. The van der Waals surface area contributed by atoms with Gasteiger partial charge in [-0.05, 0) is 31.1 Å². The fourth-order valence-corrected chi connectivity index (χ4v) is 3.91. The van der Waals surface area contributed by atoms with Gasteiger partial charge in [0.05, 0.1) is 13.1 Å². The van der Waals surface area contributed by atoms with Crippen molar-refractivity contribution in [2.75, 3.05) is 12.3 Å². The Morgan fingerprint density at radius 3 is 2.73 bits per heavy atom. The first-order valence-electron chi connectivity index (χ1n) is 8.75. The molecular formula is C18H27IN6S. The highest BCUT2D eigenvalue weighted by molar-refractivity contribution is 14.0. The van der Waals surface area contributed by atoms with Gasteiger partial charge in [-0.25, -0.2) is 4.99 Å². The van der Waals surface area contributed by atoms with Gasteiger partial charge in [0.1, 0.15) is 5.82 Å². The zero-order valence-electron chi connectivity index (χ0n) is 15.3. The van der Waals surface area contributed by atoms with Gasteiger partial charge >= 0.3 is 0 Å². The number of benzene rings is 1. The molecule has 1 saturated heterocycles. The standard InChI is InChI=1S/C18H26N6S.HI/c1-14-22-23-17(24(14)2)13-21-18(20-12-16-9-6-10-25-16)19-11-15-7-4-3-5-8-15;/h3-5,7-8,16H,6,9-13H2,1-2H3,(H2,19,20,21);1H. The quantitative estimate of drug-likeness (QED) is 0.374. The van der Waals surface area contributed by atoms with E-state index in [0.29, 0.717) is 18.3 Å². The van der Waals surface area contributed by atoms with Crippen molar-refractivity contribution in [2.45, 2.75) is 38.1 Å². The summed E-state index contributed by atoms with van der Waals surface area (Å²) in [7, 11) is 1.98. The summed E-state index contributed by atoms with van der Waals surface area (Å²) in [6, 6.07) is 10.3. The van der Waals surface area contributed by atoms with Gasteiger partial charge in [0.15, 0.2) is 11.8 Å². The van der Waals surface area contributed by atoms with Gasteiger partial charge in [-0.3, -0.25) is 0 Å². The number of aliphatic imine (C=N–C) groups is 1. The second-order valence-electron chi connectivity index (χ2n) is 6.24. The molecule has 2 N–H and O–H groups in total. The second-order valence-corrected chi connectivity index (χ2v) is 7.65. The molecule has 6 nitrogen and oxygen atoms in total. The summed E-state index contributed by atoms with van der Waals surface area (Å²) in [5, 5.41) is 15.9. The summed E-state index contributed by atoms with van der Waals surface area (Å²) in [4.78, 5) is 4.73. The van der Waals surface area contributed by atoms with Crippen LogP contribution in [0.3, 0.4) is 0 Å². The van der Waals surface area contributed by atoms with Gasteiger partial charge in [0, 0.05) is 18.8 Å². The molecule has 0 radical (unpaired) electrons. The molecule has 1 atom stereocenters. The van der Waals surface area contributed by atoms with Gasteiger partial charge in [-0.1, -0.05) is 30.3 Å². The molecule has 1 aromatic heterocycles. The molecule has 0 aliphatic carbocycles. The highest BCUT2D eigenvalue weighted by Crippen LogP contribution is 2.25. The molecule has 1 unspecified atom stereocenters. The van der Waals surface area contributed by atoms with E-state index in [-0.39, 0.29) is 24.0 Å². The maximum absolute atomic E-state index is 4.73. The highest BCUT2D eigenvalue weighted by Gasteiger charge is 2.16. The number of rotatable bonds is 6. The number of hydrogen-bond acceptors (Lipinski definition) is 4. The summed E-state index contributed by atoms with van der Waals surface area (Å²) in [5.41, 5.74) is 1.20. The van der Waals surface area contributed by atoms with E-state index in [1.165, 1.54) is 24.2 Å². The lowest BCUT2D eigenvalue weighted by atomic mass is 10.2. The van der Waals surface area contributed by atoms with Crippen molar-refractivity contribution in [3.8, 4) is 0 Å². The Bertz CT molecular complexity index is 697. The van der Waals surface area contributed by atoms with Gasteiger partial charge < -0.3 is 15.2 Å². The van der Waals surface area contributed by atoms with Crippen molar-refractivity contribution in [1.82, 2.24) is 25.4 Å². The predicted octanol–water partition coefficient (Wildman–Crippen LogP) is 2.87. The Morgan fingerprint density at radius 2 is 2.08 bits per heavy atom. The van der Waals surface area contributed by atoms with Crippen LogP contribution in [0.4, 0.5) is 0 Å². The zero-order valence-corrected chi connectivity index (χ0v) is 18.5. The summed E-state index contributed by atoms with van der Waals surface area (Å²) < 4.78 is 1.99. The summed E-state index contributed by atoms with van der Waals surface area (Å²) >= 11 is 2.05. The number of aryl methyl sites for hydroxylation is 1. The molecule has 0 spiro atoms. The molecule has 1 aromatic carbocycles. The van der Waals surface area contributed by atoms with Crippen LogP contribution in [0.1, 0.15) is 30.1 Å². The Hall–Kier alpha value is -1.29. The number of halogens is 1. The fraction of sp³-hybridized carbons (Fsp3) is 0.500. The molecule has 1 fully saturated rings. The van der Waals surface area contributed by atoms with Crippen LogP contribution in [0.2, 0.25) is 0 Å². The van der Waals surface area contributed by atoms with E-state index in [1.54, 1.807) is 0 Å². The molecule has 142 valence electrons. The second kappa shape index (κ2) is 10.8. The van der Waals surface area contributed by atoms with Crippen LogP contribution in [0.15, 0.2) is 35.3 Å². The number of guanidine groups is 1. The first kappa shape index (κ1) is 21.0. The van der Waals surface area contributed by atoms with Gasteiger partial charge in [-0.15, -0.1) is 34.2 Å². The molecule has 0 saturated carbocycles. The van der Waals surface area contributed by atoms with E-state index < -0.39 is 0 Å². The number of aromatic nitrogens is 3. The monoisotopic (exact) mass is 486 g/mol. The lowest BCUT2D eigenvalue weighted by molar-refractivity contribution is 0.696. The normalized spacial score (nSPS) is 17.0. The van der Waals surface area contributed by atoms with Crippen LogP contribution < -0.4 is 10.6 Å². The Kier molecular flexibility index (Phi) is 8.70. The number of hydrogen-bond donors (Lipinski definition) is 2. The Labute approximate surface area is 176 Å². The minimum Gasteiger partial charge on any atom is -0.355 e. The first-order chi connectivity index (χ1) is 12.2. The van der Waals surface area contributed by atoms with Crippen molar-refractivity contribution >= 4 is 41.7 Å². The van der Waals surface area contributed by atoms with E-state index in [2.05, 4.69) is 33.0 Å². The van der Waals surface area contributed by atoms with E-state index >= 15 is 0 Å². The Morgan fingerprint density at radius 1 is 1.27 bits per heavy atom. The molecule has 2 aromatic rings. The molecule has 0 amide bonds. The minimum absolute atomic E-state index is 0. The maximum atomic E-state index is 4.73. The van der Waals surface area contributed by atoms with Crippen molar-refractivity contribution in [1.29, 1.82) is 0 Å². The number of thioether (sulfide) groups is 1. The molecule has 2 heterocycles. The molecular weight excluding hydrogens is 459 g/mol. The lowest BCUT2D eigenvalue weighted by Crippen LogP contribution is -2.40. The van der Waals surface area contributed by atoms with Crippen molar-refractivity contribution in [2.24, 2.45) is 12.0 Å². The van der Waals surface area contributed by atoms with Crippen LogP contribution in [0, 0.1) is 6.92 Å². The summed E-state index contributed by atoms with van der Waals surface area (Å²) in [5.74, 6) is 3.92. The van der Waals surface area contributed by atoms with E-state index in [1.807, 2.05) is 48.5 Å².